The van der Waals surface area contributed by atoms with Crippen molar-refractivity contribution in [3.05, 3.63) is 120 Å². The maximum atomic E-state index is 13.5. The van der Waals surface area contributed by atoms with E-state index < -0.39 is 0 Å². The van der Waals surface area contributed by atoms with Crippen molar-refractivity contribution in [2.75, 3.05) is 6.54 Å². The largest absolute Gasteiger partial charge is 0.361 e. The van der Waals surface area contributed by atoms with E-state index in [1.165, 1.54) is 16.5 Å². The molecule has 0 fully saturated rings. The molecule has 3 aromatic carbocycles. The van der Waals surface area contributed by atoms with Crippen molar-refractivity contribution in [2.24, 2.45) is 0 Å². The van der Waals surface area contributed by atoms with Crippen LogP contribution in [0.15, 0.2) is 97.3 Å². The number of hydrogen-bond donors (Lipinski definition) is 2. The molecule has 0 saturated heterocycles. The molecule has 164 valence electrons. The molecule has 1 amide bonds. The van der Waals surface area contributed by atoms with Crippen LogP contribution in [0.25, 0.3) is 22.0 Å². The molecule has 0 aliphatic carbocycles. The number of para-hydroxylation sites is 1. The number of benzene rings is 3. The van der Waals surface area contributed by atoms with Crippen molar-refractivity contribution in [1.82, 2.24) is 14.9 Å². The van der Waals surface area contributed by atoms with Crippen LogP contribution < -0.4 is 5.32 Å². The smallest absolute Gasteiger partial charge is 0.268 e. The molecule has 2 N–H and O–H groups in total. The second kappa shape index (κ2) is 9.21. The minimum Gasteiger partial charge on any atom is -0.361 e. The van der Waals surface area contributed by atoms with Crippen LogP contribution in [0.2, 0.25) is 0 Å². The summed E-state index contributed by atoms with van der Waals surface area (Å²) in [5.41, 5.74) is 7.36. The zero-order valence-electron chi connectivity index (χ0n) is 18.7. The molecule has 0 radical (unpaired) electrons. The van der Waals surface area contributed by atoms with Gasteiger partial charge in [0.1, 0.15) is 5.69 Å². The summed E-state index contributed by atoms with van der Waals surface area (Å²) in [6, 6.07) is 28.7. The van der Waals surface area contributed by atoms with Gasteiger partial charge in [-0.25, -0.2) is 0 Å². The van der Waals surface area contributed by atoms with Gasteiger partial charge in [0.25, 0.3) is 5.91 Å². The van der Waals surface area contributed by atoms with Crippen molar-refractivity contribution in [3.8, 4) is 11.1 Å². The van der Waals surface area contributed by atoms with Gasteiger partial charge in [0, 0.05) is 41.9 Å². The number of aromatic amines is 1. The monoisotopic (exact) mass is 433 g/mol. The Morgan fingerprint density at radius 2 is 1.61 bits per heavy atom. The topological polar surface area (TPSA) is 49.8 Å². The highest BCUT2D eigenvalue weighted by Crippen LogP contribution is 2.30. The van der Waals surface area contributed by atoms with Gasteiger partial charge in [0.15, 0.2) is 0 Å². The van der Waals surface area contributed by atoms with E-state index in [1.54, 1.807) is 0 Å². The highest BCUT2D eigenvalue weighted by Gasteiger charge is 2.21. The number of H-pyrrole nitrogens is 1. The van der Waals surface area contributed by atoms with Gasteiger partial charge in [-0.2, -0.15) is 0 Å². The fourth-order valence-electron chi connectivity index (χ4n) is 4.54. The van der Waals surface area contributed by atoms with E-state index in [2.05, 4.69) is 64.4 Å². The van der Waals surface area contributed by atoms with E-state index in [9.17, 15) is 4.79 Å². The minimum atomic E-state index is -0.0438. The lowest BCUT2D eigenvalue weighted by atomic mass is 10.0. The molecule has 2 heterocycles. The Labute approximate surface area is 193 Å². The number of nitrogens with one attached hydrogen (secondary N) is 2. The quantitative estimate of drug-likeness (QED) is 0.327. The van der Waals surface area contributed by atoms with Gasteiger partial charge >= 0.3 is 0 Å². The van der Waals surface area contributed by atoms with Crippen molar-refractivity contribution in [1.29, 1.82) is 0 Å². The van der Waals surface area contributed by atoms with Crippen molar-refractivity contribution in [2.45, 2.75) is 19.9 Å². The van der Waals surface area contributed by atoms with Gasteiger partial charge in [-0.05, 0) is 41.7 Å². The molecule has 0 saturated carbocycles. The lowest BCUT2D eigenvalue weighted by molar-refractivity contribution is 0.0946. The summed E-state index contributed by atoms with van der Waals surface area (Å²) in [6.07, 6.45) is 4.90. The summed E-state index contributed by atoms with van der Waals surface area (Å²) in [4.78, 5) is 16.8. The molecule has 5 rings (SSSR count). The lowest BCUT2D eigenvalue weighted by Crippen LogP contribution is -2.28. The maximum absolute atomic E-state index is 13.5. The predicted octanol–water partition coefficient (Wildman–Crippen LogP) is 5.97. The van der Waals surface area contributed by atoms with Crippen LogP contribution in [0.4, 0.5) is 0 Å². The standard InChI is InChI=1S/C29H27N3O/c1-21-19-32(20-22-10-4-2-5-11-22)28(27(21)23-12-6-3-7-13-23)29(33)30-17-16-24-18-31-26-15-9-8-14-25(24)26/h2-15,18-19,31H,16-17,20H2,1H3,(H,30,33). The molecule has 0 aliphatic heterocycles. The number of amides is 1. The average molecular weight is 434 g/mol. The van der Waals surface area contributed by atoms with E-state index in [0.717, 1.165) is 28.6 Å². The minimum absolute atomic E-state index is 0.0438. The molecule has 4 heteroatoms. The SMILES string of the molecule is Cc1cn(Cc2ccccc2)c(C(=O)NCCc2c[nH]c3ccccc23)c1-c1ccccc1. The summed E-state index contributed by atoms with van der Waals surface area (Å²) >= 11 is 0. The fourth-order valence-corrected chi connectivity index (χ4v) is 4.54. The Morgan fingerprint density at radius 3 is 2.39 bits per heavy atom. The predicted molar refractivity (Wildman–Crippen MR) is 134 cm³/mol. The fraction of sp³-hybridized carbons (Fsp3) is 0.138. The third kappa shape index (κ3) is 4.33. The normalized spacial score (nSPS) is 11.1. The van der Waals surface area contributed by atoms with Gasteiger partial charge < -0.3 is 14.9 Å². The van der Waals surface area contributed by atoms with Gasteiger partial charge in [0.05, 0.1) is 0 Å². The maximum Gasteiger partial charge on any atom is 0.268 e. The first kappa shape index (κ1) is 20.8. The summed E-state index contributed by atoms with van der Waals surface area (Å²) in [6.45, 7) is 3.30. The van der Waals surface area contributed by atoms with Crippen LogP contribution in [0.5, 0.6) is 0 Å². The van der Waals surface area contributed by atoms with Gasteiger partial charge in [-0.3, -0.25) is 4.79 Å². The average Bonchev–Trinajstić information content (AvgIpc) is 3.41. The zero-order valence-corrected chi connectivity index (χ0v) is 18.7. The highest BCUT2D eigenvalue weighted by atomic mass is 16.1. The van der Waals surface area contributed by atoms with E-state index in [0.29, 0.717) is 18.8 Å². The number of aromatic nitrogens is 2. The number of rotatable bonds is 7. The van der Waals surface area contributed by atoms with Crippen LogP contribution in [0.3, 0.4) is 0 Å². The second-order valence-corrected chi connectivity index (χ2v) is 8.38. The van der Waals surface area contributed by atoms with Crippen LogP contribution >= 0.6 is 0 Å². The molecule has 2 aromatic heterocycles. The van der Waals surface area contributed by atoms with Crippen LogP contribution in [0, 0.1) is 6.92 Å². The first-order chi connectivity index (χ1) is 16.2. The highest BCUT2D eigenvalue weighted by molar-refractivity contribution is 6.00. The number of carbonyl (C=O) groups excluding carboxylic acids is 1. The molecule has 0 unspecified atom stereocenters. The van der Waals surface area contributed by atoms with E-state index in [-0.39, 0.29) is 5.91 Å². The summed E-state index contributed by atoms with van der Waals surface area (Å²) < 4.78 is 2.08. The van der Waals surface area contributed by atoms with Gasteiger partial charge in [0.2, 0.25) is 0 Å². The van der Waals surface area contributed by atoms with Crippen molar-refractivity contribution >= 4 is 16.8 Å². The summed E-state index contributed by atoms with van der Waals surface area (Å²) in [7, 11) is 0. The Balaban J connectivity index is 1.42. The Kier molecular flexibility index (Phi) is 5.81. The third-order valence-electron chi connectivity index (χ3n) is 6.10. The molecule has 0 spiro atoms. The Hall–Kier alpha value is -4.05. The second-order valence-electron chi connectivity index (χ2n) is 8.38. The Bertz CT molecular complexity index is 1380. The molecule has 0 atom stereocenters. The van der Waals surface area contributed by atoms with Crippen molar-refractivity contribution in [3.63, 3.8) is 0 Å². The summed E-state index contributed by atoms with van der Waals surface area (Å²) in [5.74, 6) is -0.0438. The van der Waals surface area contributed by atoms with E-state index >= 15 is 0 Å². The molecular weight excluding hydrogens is 406 g/mol. The molecule has 33 heavy (non-hydrogen) atoms. The number of hydrogen-bond acceptors (Lipinski definition) is 1. The van der Waals surface area contributed by atoms with Gasteiger partial charge in [-0.15, -0.1) is 0 Å². The third-order valence-corrected chi connectivity index (χ3v) is 6.10. The van der Waals surface area contributed by atoms with E-state index in [4.69, 9.17) is 0 Å². The summed E-state index contributed by atoms with van der Waals surface area (Å²) in [5, 5.41) is 4.39. The van der Waals surface area contributed by atoms with Crippen molar-refractivity contribution < 1.29 is 4.79 Å². The number of fused-ring (bicyclic) bond motifs is 1. The first-order valence-electron chi connectivity index (χ1n) is 11.3. The lowest BCUT2D eigenvalue weighted by Gasteiger charge is -2.13. The van der Waals surface area contributed by atoms with Gasteiger partial charge in [-0.1, -0.05) is 78.9 Å². The Morgan fingerprint density at radius 1 is 0.909 bits per heavy atom. The number of nitrogens with zero attached hydrogens (tertiary/aromatic N) is 1. The molecular formula is C29H27N3O. The number of aryl methyl sites for hydroxylation is 1. The molecule has 5 aromatic rings. The molecule has 0 bridgehead atoms. The first-order valence-corrected chi connectivity index (χ1v) is 11.3. The van der Waals surface area contributed by atoms with Crippen LogP contribution in [-0.4, -0.2) is 22.0 Å². The van der Waals surface area contributed by atoms with Crippen LogP contribution in [-0.2, 0) is 13.0 Å². The van der Waals surface area contributed by atoms with Crippen LogP contribution in [0.1, 0.15) is 27.2 Å². The molecule has 0 aliphatic rings. The molecule has 4 nitrogen and oxygen atoms in total. The van der Waals surface area contributed by atoms with E-state index in [1.807, 2.05) is 54.7 Å². The zero-order chi connectivity index (χ0) is 22.6. The number of carbonyl (C=O) groups is 1.